The summed E-state index contributed by atoms with van der Waals surface area (Å²) in [6, 6.07) is 0. The van der Waals surface area contributed by atoms with Crippen LogP contribution in [0.5, 0.6) is 0 Å². The van der Waals surface area contributed by atoms with Crippen molar-refractivity contribution in [1.82, 2.24) is 59.0 Å². The van der Waals surface area contributed by atoms with Crippen molar-refractivity contribution < 1.29 is 42.7 Å². The lowest BCUT2D eigenvalue weighted by molar-refractivity contribution is -0.0459. The zero-order chi connectivity index (χ0) is 48.4. The number of nitrogens with one attached hydrogen (secondary N) is 1. The number of nitrogens with zero attached hydrogens (tertiary/aromatic N) is 12. The molecule has 0 aliphatic carbocycles. The average Bonchev–Trinajstić information content (AvgIpc) is 4.16. The molecular formula is C36H43BrCl5F3N14O6. The van der Waals surface area contributed by atoms with Gasteiger partial charge in [-0.3, -0.25) is 9.13 Å². The number of anilines is 1. The van der Waals surface area contributed by atoms with Crippen LogP contribution in [0.1, 0.15) is 53.0 Å². The third kappa shape index (κ3) is 12.1. The number of aliphatic hydroxyl groups excluding tert-OH is 3. The van der Waals surface area contributed by atoms with Crippen LogP contribution in [0.25, 0.3) is 33.5 Å². The first-order valence-electron chi connectivity index (χ1n) is 19.2. The van der Waals surface area contributed by atoms with Crippen molar-refractivity contribution in [3.8, 4) is 6.57 Å². The number of alkyl halides is 4. The minimum atomic E-state index is -1.74. The van der Waals surface area contributed by atoms with Gasteiger partial charge in [0.25, 0.3) is 0 Å². The van der Waals surface area contributed by atoms with E-state index in [1.807, 2.05) is 27.7 Å². The summed E-state index contributed by atoms with van der Waals surface area (Å²) in [6.45, 7) is 10.7. The van der Waals surface area contributed by atoms with Gasteiger partial charge in [0.1, 0.15) is 39.9 Å². The molecule has 65 heavy (non-hydrogen) atoms. The topological polar surface area (TPSA) is 280 Å². The van der Waals surface area contributed by atoms with Crippen LogP contribution in [0, 0.1) is 23.7 Å². The molecule has 0 spiro atoms. The summed E-state index contributed by atoms with van der Waals surface area (Å²) in [5.41, 5.74) is 7.96. The molecule has 29 heteroatoms. The molecule has 20 nitrogen and oxygen atoms in total. The van der Waals surface area contributed by atoms with Crippen LogP contribution < -0.4 is 5.73 Å². The second-order valence-corrected chi connectivity index (χ2v) is 16.5. The number of hydrogen-bond donors (Lipinski definition) is 5. The Labute approximate surface area is 402 Å². The molecular weight excluding hydrogens is 1040 g/mol. The van der Waals surface area contributed by atoms with E-state index in [1.54, 1.807) is 0 Å². The van der Waals surface area contributed by atoms with Gasteiger partial charge in [-0.15, -0.1) is 0 Å². The number of aromatic amines is 1. The van der Waals surface area contributed by atoms with E-state index in [0.29, 0.717) is 22.3 Å². The lowest BCUT2D eigenvalue weighted by Crippen LogP contribution is -2.30. The predicted molar refractivity (Wildman–Crippen MR) is 239 cm³/mol. The Morgan fingerprint density at radius 1 is 0.738 bits per heavy atom. The summed E-state index contributed by atoms with van der Waals surface area (Å²) in [7, 11) is 1.00. The van der Waals surface area contributed by atoms with Crippen LogP contribution in [-0.2, 0) is 14.2 Å². The van der Waals surface area contributed by atoms with Crippen LogP contribution in [0.4, 0.5) is 19.0 Å². The fourth-order valence-electron chi connectivity index (χ4n) is 6.80. The number of ether oxygens (including phenoxy) is 3. The summed E-state index contributed by atoms with van der Waals surface area (Å²) in [5, 5.41) is 32.2. The first-order valence-corrected chi connectivity index (χ1v) is 22.0. The number of nitrogens with two attached hydrogens (primary N) is 1. The standard InChI is InChI=1S/C12H13Cl2FN4O.C10H11ClFN5O3.C7H12BrFO.C5H2Cl2N4.CHN.CH4O/c1-3-6-5(2)7(15)11(20-6)19-4-16-8-9(13)17-12(14)18-10(8)19;11-10-15-7(13)5-8(16-10)17(2-14-5)9-4(12)6(19)3(1-18)20-9;1-3-5-4(2)6(9)7(8)10-5;6-3-2-4(9-1-8-2)11-5(7)10-3;2*1-2/h4-7,11H,3H2,1-2H3;2-4,6,9,18-19H,1H2,(H2,13,15,16);4-7H,3H2,1-2H3;1H,(H,8,9,10,11);1H;2H,1H3/t5-,6+,7?,11?;3-,4?,6+,9-;4-,5+,6?,7?;;;/m010.../s1. The quantitative estimate of drug-likeness (QED) is 0.0662. The van der Waals surface area contributed by atoms with Crippen molar-refractivity contribution in [2.75, 3.05) is 19.5 Å². The van der Waals surface area contributed by atoms with Crippen molar-refractivity contribution >= 4 is 113 Å². The Bertz CT molecular complexity index is 2390. The highest BCUT2D eigenvalue weighted by Gasteiger charge is 2.46. The number of H-pyrrole nitrogens is 1. The highest BCUT2D eigenvalue weighted by molar-refractivity contribution is 9.09. The van der Waals surface area contributed by atoms with Crippen LogP contribution in [0.2, 0.25) is 26.2 Å². The second-order valence-electron chi connectivity index (χ2n) is 13.9. The zero-order valence-electron chi connectivity index (χ0n) is 34.8. The molecule has 6 aromatic rings. The fraction of sp³-hybridized carbons (Fsp3) is 0.556. The molecule has 5 unspecified atom stereocenters. The Morgan fingerprint density at radius 2 is 1.23 bits per heavy atom. The maximum Gasteiger partial charge on any atom is 0.226 e. The molecule has 0 radical (unpaired) electrons. The first kappa shape index (κ1) is 54.0. The number of imidazole rings is 3. The van der Waals surface area contributed by atoms with E-state index in [0.717, 1.165) is 20.0 Å². The molecule has 6 N–H and O–H groups in total. The van der Waals surface area contributed by atoms with Gasteiger partial charge in [0.2, 0.25) is 15.9 Å². The van der Waals surface area contributed by atoms with Gasteiger partial charge < -0.3 is 40.2 Å². The molecule has 0 saturated carbocycles. The Hall–Kier alpha value is -3.58. The zero-order valence-corrected chi connectivity index (χ0v) is 40.1. The SMILES string of the molecule is C#N.CC[C@H]1OC(Br)C(F)[C@H]1C.CC[C@H]1OC(n2cnc3c(Cl)nc(Cl)nc32)C(F)[C@H]1C.CO.Clc1nc(Cl)c2[nH]cnc2n1.Nc1nc(Cl)nc2c1ncn2[C@@H]1O[C@H](CO)[C@H](O)C1F. The van der Waals surface area contributed by atoms with Crippen molar-refractivity contribution in [2.24, 2.45) is 11.8 Å². The number of halogens is 9. The first-order chi connectivity index (χ1) is 31.0. The minimum Gasteiger partial charge on any atom is -0.400 e. The number of nitriles is 1. The van der Waals surface area contributed by atoms with Crippen molar-refractivity contribution in [3.63, 3.8) is 0 Å². The van der Waals surface area contributed by atoms with Crippen LogP contribution >= 0.6 is 73.9 Å². The molecule has 3 fully saturated rings. The third-order valence-electron chi connectivity index (χ3n) is 10.1. The van der Waals surface area contributed by atoms with E-state index in [4.69, 9.17) is 93.4 Å². The van der Waals surface area contributed by atoms with E-state index in [2.05, 4.69) is 72.3 Å². The average molecular weight is 1080 g/mol. The van der Waals surface area contributed by atoms with Crippen molar-refractivity contribution in [1.29, 1.82) is 5.26 Å². The molecule has 0 aromatic carbocycles. The van der Waals surface area contributed by atoms with Crippen LogP contribution in [0.3, 0.4) is 0 Å². The highest BCUT2D eigenvalue weighted by atomic mass is 79.9. The van der Waals surface area contributed by atoms with Gasteiger partial charge in [0.05, 0.1) is 37.8 Å². The molecule has 6 aromatic heterocycles. The lowest BCUT2D eigenvalue weighted by atomic mass is 10.00. The summed E-state index contributed by atoms with van der Waals surface area (Å²) in [5.74, 6) is -0.0870. The normalized spacial score (nSPS) is 27.9. The Morgan fingerprint density at radius 3 is 1.75 bits per heavy atom. The van der Waals surface area contributed by atoms with Gasteiger partial charge in [-0.25, -0.2) is 43.4 Å². The second kappa shape index (κ2) is 24.4. The maximum atomic E-state index is 14.4. The van der Waals surface area contributed by atoms with E-state index in [9.17, 15) is 18.3 Å². The summed E-state index contributed by atoms with van der Waals surface area (Å²) < 4.78 is 60.6. The van der Waals surface area contributed by atoms with E-state index >= 15 is 0 Å². The van der Waals surface area contributed by atoms with Crippen LogP contribution in [0.15, 0.2) is 19.0 Å². The number of aliphatic hydroxyl groups is 3. The highest BCUT2D eigenvalue weighted by Crippen LogP contribution is 2.39. The molecule has 12 atom stereocenters. The third-order valence-corrected chi connectivity index (χ3v) is 11.9. The smallest absolute Gasteiger partial charge is 0.226 e. The summed E-state index contributed by atoms with van der Waals surface area (Å²) in [6.07, 6.45) is -2.25. The number of nitrogen functional groups attached to an aromatic ring is 1. The van der Waals surface area contributed by atoms with E-state index in [1.165, 1.54) is 28.1 Å². The molecule has 3 aliphatic heterocycles. The number of hydrogen-bond acceptors (Lipinski definition) is 17. The number of rotatable bonds is 5. The van der Waals surface area contributed by atoms with Gasteiger partial charge >= 0.3 is 0 Å². The monoisotopic (exact) mass is 1080 g/mol. The number of aromatic nitrogens is 12. The minimum absolute atomic E-state index is 0.00209. The predicted octanol–water partition coefficient (Wildman–Crippen LogP) is 6.96. The molecule has 3 aliphatic rings. The van der Waals surface area contributed by atoms with Gasteiger partial charge in [0, 0.05) is 25.5 Å². The molecule has 0 amide bonds. The number of fused-ring (bicyclic) bond motifs is 3. The largest absolute Gasteiger partial charge is 0.400 e. The lowest BCUT2D eigenvalue weighted by Gasteiger charge is -2.15. The van der Waals surface area contributed by atoms with Crippen LogP contribution in [-0.4, -0.2) is 136 Å². The van der Waals surface area contributed by atoms with Gasteiger partial charge in [0.15, 0.2) is 57.9 Å². The Balaban J connectivity index is 0.000000192. The van der Waals surface area contributed by atoms with Crippen molar-refractivity contribution in [2.45, 2.75) is 101 Å². The van der Waals surface area contributed by atoms with Gasteiger partial charge in [-0.2, -0.15) is 19.9 Å². The summed E-state index contributed by atoms with van der Waals surface area (Å²) >= 11 is 31.8. The maximum absolute atomic E-state index is 14.4. The molecule has 3 saturated heterocycles. The molecule has 356 valence electrons. The fourth-order valence-corrected chi connectivity index (χ4v) is 8.58. The molecule has 0 bridgehead atoms. The molecule has 9 heterocycles. The van der Waals surface area contributed by atoms with E-state index in [-0.39, 0.29) is 72.2 Å². The Kier molecular flexibility index (Phi) is 20.3. The summed E-state index contributed by atoms with van der Waals surface area (Å²) in [4.78, 5) is 37.9. The van der Waals surface area contributed by atoms with Gasteiger partial charge in [-0.05, 0) is 47.6 Å². The van der Waals surface area contributed by atoms with E-state index < -0.39 is 49.8 Å². The van der Waals surface area contributed by atoms with Gasteiger partial charge in [-0.1, -0.05) is 66.8 Å². The van der Waals surface area contributed by atoms with Crippen molar-refractivity contribution in [3.05, 3.63) is 45.1 Å². The molecule has 9 rings (SSSR count).